The molecule has 3 rings (SSSR count). The molecule has 26 nitrogen and oxygen atoms in total. The van der Waals surface area contributed by atoms with Crippen LogP contribution in [0.3, 0.4) is 0 Å². The summed E-state index contributed by atoms with van der Waals surface area (Å²) < 4.78 is 136. The average molecular weight is 899 g/mol. The molecular weight excluding hydrogens is 877 g/mol. The van der Waals surface area contributed by atoms with Crippen molar-refractivity contribution in [1.82, 2.24) is 0 Å². The van der Waals surface area contributed by atoms with E-state index in [9.17, 15) is 62.9 Å². The van der Waals surface area contributed by atoms with Crippen LogP contribution in [0.15, 0.2) is 82.5 Å². The summed E-state index contributed by atoms with van der Waals surface area (Å²) in [6.45, 7) is -1.13. The Bertz CT molecular complexity index is 2250. The van der Waals surface area contributed by atoms with Crippen LogP contribution in [0.25, 0.3) is 0 Å². The van der Waals surface area contributed by atoms with E-state index >= 15 is 0 Å². The molecule has 0 fully saturated rings. The number of aromatic hydroxyl groups is 2. The van der Waals surface area contributed by atoms with Gasteiger partial charge in [-0.2, -0.15) is 16.8 Å². The third-order valence-corrected chi connectivity index (χ3v) is 12.1. The number of hydrogen-bond donors (Lipinski definition) is 7. The van der Waals surface area contributed by atoms with Crippen molar-refractivity contribution in [2.75, 3.05) is 24.7 Å². The van der Waals surface area contributed by atoms with Crippen LogP contribution < -0.4 is 0 Å². The molecule has 3 aromatic carbocycles. The molecule has 0 bridgehead atoms. The Kier molecular flexibility index (Phi) is 15.9. The second-order valence-corrected chi connectivity index (χ2v) is 17.6. The molecule has 0 amide bonds. The van der Waals surface area contributed by atoms with Crippen LogP contribution in [0.2, 0.25) is 0 Å². The van der Waals surface area contributed by atoms with Crippen LogP contribution >= 0.6 is 24.6 Å². The first-order chi connectivity index (χ1) is 25.6. The highest BCUT2D eigenvalue weighted by Gasteiger charge is 2.26. The first-order valence-corrected chi connectivity index (χ1v) is 21.0. The van der Waals surface area contributed by atoms with E-state index in [2.05, 4.69) is 47.6 Å². The molecule has 0 saturated heterocycles. The van der Waals surface area contributed by atoms with Gasteiger partial charge in [-0.05, 0) is 36.4 Å². The molecular formula is C23H22N4O22S6. The maximum absolute atomic E-state index is 12.7. The lowest BCUT2D eigenvalue weighted by Gasteiger charge is -2.09. The van der Waals surface area contributed by atoms with Gasteiger partial charge in [0.1, 0.15) is 38.1 Å². The van der Waals surface area contributed by atoms with Crippen LogP contribution in [0.5, 0.6) is 11.5 Å². The number of nitrogens with zero attached hydrogens (tertiary/aromatic N) is 4. The fourth-order valence-corrected chi connectivity index (χ4v) is 8.13. The Balaban J connectivity index is 2.06. The normalized spacial score (nSPS) is 12.9. The van der Waals surface area contributed by atoms with Gasteiger partial charge in [-0.1, -0.05) is 10.1 Å². The number of hydrogen-bond acceptors (Lipinski definition) is 25. The largest absolute Gasteiger partial charge is 0.505 e. The lowest BCUT2D eigenvalue weighted by atomic mass is 10.1. The Hall–Kier alpha value is -3.97. The molecule has 302 valence electrons. The van der Waals surface area contributed by atoms with Gasteiger partial charge < -0.3 is 15.3 Å². The maximum atomic E-state index is 12.7. The van der Waals surface area contributed by atoms with Gasteiger partial charge in [0.05, 0.1) is 34.5 Å². The Morgan fingerprint density at radius 2 is 0.964 bits per heavy atom. The molecule has 0 unspecified atom stereocenters. The number of phenols is 2. The molecule has 0 saturated carbocycles. The van der Waals surface area contributed by atoms with Crippen molar-refractivity contribution in [2.45, 2.75) is 19.6 Å². The molecule has 0 aliphatic rings. The Labute approximate surface area is 316 Å². The predicted octanol–water partition coefficient (Wildman–Crippen LogP) is 3.67. The lowest BCUT2D eigenvalue weighted by Crippen LogP contribution is -2.12. The first kappa shape index (κ1) is 45.4. The summed E-state index contributed by atoms with van der Waals surface area (Å²) in [6.07, 6.45) is 0. The zero-order chi connectivity index (χ0) is 41.2. The third-order valence-electron chi connectivity index (χ3n) is 6.20. The number of carboxylic acid groups (broad SMARTS) is 1. The molecule has 7 N–H and O–H groups in total. The monoisotopic (exact) mass is 898 g/mol. The van der Waals surface area contributed by atoms with Crippen molar-refractivity contribution in [3.63, 3.8) is 0 Å². The number of azo groups is 2. The van der Waals surface area contributed by atoms with Crippen LogP contribution in [-0.4, -0.2) is 99.3 Å². The lowest BCUT2D eigenvalue weighted by molar-refractivity contribution is -0.434. The van der Waals surface area contributed by atoms with Crippen LogP contribution in [0.4, 0.5) is 22.7 Å². The average Bonchev–Trinajstić information content (AvgIpc) is 3.09. The van der Waals surface area contributed by atoms with Gasteiger partial charge in [-0.3, -0.25) is 17.5 Å². The van der Waals surface area contributed by atoms with Gasteiger partial charge in [-0.15, -0.1) is 29.1 Å². The van der Waals surface area contributed by atoms with E-state index in [-0.39, 0.29) is 24.6 Å². The number of carboxylic acids is 1. The minimum Gasteiger partial charge on any atom is -0.505 e. The van der Waals surface area contributed by atoms with Crippen molar-refractivity contribution >= 4 is 93.3 Å². The topological polar surface area (TPSA) is 400 Å². The fourth-order valence-electron chi connectivity index (χ4n) is 3.81. The van der Waals surface area contributed by atoms with Gasteiger partial charge >= 0.3 is 5.97 Å². The van der Waals surface area contributed by atoms with E-state index in [4.69, 9.17) is 10.5 Å². The minimum absolute atomic E-state index is 0.0628. The van der Waals surface area contributed by atoms with Crippen LogP contribution in [-0.2, 0) is 67.0 Å². The van der Waals surface area contributed by atoms with Crippen molar-refractivity contribution < 1.29 is 101 Å². The molecule has 0 aromatic heterocycles. The number of carbonyl (C=O) groups is 1. The van der Waals surface area contributed by atoms with E-state index in [1.54, 1.807) is 0 Å². The summed E-state index contributed by atoms with van der Waals surface area (Å²) in [5.74, 6) is -6.14. The predicted molar refractivity (Wildman–Crippen MR) is 178 cm³/mol. The van der Waals surface area contributed by atoms with Crippen LogP contribution in [0.1, 0.15) is 10.4 Å². The van der Waals surface area contributed by atoms with Crippen LogP contribution in [0, 0.1) is 0 Å². The van der Waals surface area contributed by atoms with Crippen molar-refractivity contribution in [1.29, 1.82) is 0 Å². The summed E-state index contributed by atoms with van der Waals surface area (Å²) in [4.78, 5) is 8.30. The van der Waals surface area contributed by atoms with Gasteiger partial charge in [0.15, 0.2) is 55.8 Å². The Morgan fingerprint density at radius 3 is 1.29 bits per heavy atom. The Morgan fingerprint density at radius 1 is 0.600 bits per heavy atom. The zero-order valence-corrected chi connectivity index (χ0v) is 31.3. The molecule has 0 atom stereocenters. The number of benzene rings is 3. The number of sulfone groups is 2. The van der Waals surface area contributed by atoms with Crippen molar-refractivity contribution in [2.24, 2.45) is 20.5 Å². The number of aromatic carboxylic acids is 1. The third kappa shape index (κ3) is 12.5. The summed E-state index contributed by atoms with van der Waals surface area (Å²) in [5.41, 5.74) is -4.57. The van der Waals surface area contributed by atoms with E-state index in [1.165, 1.54) is 0 Å². The quantitative estimate of drug-likeness (QED) is 0.0200. The zero-order valence-electron chi connectivity index (χ0n) is 26.4. The molecule has 3 aromatic rings. The minimum atomic E-state index is -5.26. The van der Waals surface area contributed by atoms with Gasteiger partial charge in [0.25, 0.3) is 20.2 Å². The SMILES string of the molecule is O=C(O)c1c(O)c(/N=N/c2ccc(S(=O)(=O)CCOSOOO)cc2S(=O)(=O)O)cc(/N=N/c2ccc(S(=O)(=O)CCOSOOO)cc2S(=O)(=O)O)c1O. The summed E-state index contributed by atoms with van der Waals surface area (Å²) in [6, 6.07) is 4.74. The van der Waals surface area contributed by atoms with Gasteiger partial charge in [0.2, 0.25) is 0 Å². The van der Waals surface area contributed by atoms with E-state index in [0.717, 1.165) is 24.3 Å². The first-order valence-electron chi connectivity index (χ1n) is 13.5. The molecule has 0 radical (unpaired) electrons. The second kappa shape index (κ2) is 19.3. The highest BCUT2D eigenvalue weighted by atomic mass is 32.2. The molecule has 0 aliphatic carbocycles. The standard InChI is InChI=1S/C23H22N4O22S6/c28-21-16(26-24-14-3-1-12(9-18(14)54(38,39)40)52(34,35)7-5-44-50-48-46-32)11-17(22(29)20(21)23(30)31)27-25-15-4-2-13(10-19(15)55(41,42)43)53(36,37)8-6-45-51-49-47-33/h1-4,9-11,28-29,32-33H,5-8H2,(H,30,31)(H,38,39,40)(H,41,42,43)/b26-24+,27-25+. The van der Waals surface area contributed by atoms with Gasteiger partial charge in [0, 0.05) is 6.07 Å². The highest BCUT2D eigenvalue weighted by Crippen LogP contribution is 2.45. The van der Waals surface area contributed by atoms with E-state index < -0.39 is 130 Å². The molecule has 32 heteroatoms. The summed E-state index contributed by atoms with van der Waals surface area (Å²) >= 11 is 0.126. The molecule has 0 heterocycles. The number of rotatable bonds is 21. The summed E-state index contributed by atoms with van der Waals surface area (Å²) in [7, 11) is -19.1. The molecule has 55 heavy (non-hydrogen) atoms. The molecule has 0 aliphatic heterocycles. The highest BCUT2D eigenvalue weighted by molar-refractivity contribution is 7.92. The maximum Gasteiger partial charge on any atom is 0.343 e. The van der Waals surface area contributed by atoms with E-state index in [1.807, 2.05) is 0 Å². The molecule has 0 spiro atoms. The fraction of sp³-hybridized carbons (Fsp3) is 0.174. The van der Waals surface area contributed by atoms with Crippen molar-refractivity contribution in [3.8, 4) is 11.5 Å². The van der Waals surface area contributed by atoms with Gasteiger partial charge in [-0.25, -0.2) is 32.1 Å². The van der Waals surface area contributed by atoms with Crippen molar-refractivity contribution in [3.05, 3.63) is 48.0 Å². The smallest absolute Gasteiger partial charge is 0.343 e. The van der Waals surface area contributed by atoms with E-state index in [0.29, 0.717) is 18.2 Å². The second-order valence-electron chi connectivity index (χ2n) is 9.60. The summed E-state index contributed by atoms with van der Waals surface area (Å²) in [5, 5.41) is 67.4.